The first-order valence-corrected chi connectivity index (χ1v) is 8.45. The second-order valence-corrected chi connectivity index (χ2v) is 5.99. The van der Waals surface area contributed by atoms with Gasteiger partial charge in [0.25, 0.3) is 0 Å². The van der Waals surface area contributed by atoms with Gasteiger partial charge in [-0.15, -0.1) is 0 Å². The lowest BCUT2D eigenvalue weighted by Gasteiger charge is -2.24. The van der Waals surface area contributed by atoms with Gasteiger partial charge in [-0.2, -0.15) is 5.26 Å². The number of halogens is 2. The monoisotopic (exact) mass is 386 g/mol. The molecule has 0 aliphatic heterocycles. The summed E-state index contributed by atoms with van der Waals surface area (Å²) >= 11 is 0. The molecule has 0 heterocycles. The Hall–Kier alpha value is -3.40. The van der Waals surface area contributed by atoms with E-state index < -0.39 is 17.7 Å². The van der Waals surface area contributed by atoms with Crippen LogP contribution in [0.4, 0.5) is 8.78 Å². The van der Waals surface area contributed by atoms with Crippen molar-refractivity contribution in [2.45, 2.75) is 13.0 Å². The molecule has 0 saturated carbocycles. The molecule has 2 aromatic carbocycles. The molecule has 0 saturated heterocycles. The number of carbonyl (C=O) groups excluding carboxylic acids is 1. The molecule has 5 nitrogen and oxygen atoms in total. The molecule has 2 rings (SSSR count). The molecule has 0 aliphatic rings. The summed E-state index contributed by atoms with van der Waals surface area (Å²) in [6.45, 7) is 1.62. The van der Waals surface area contributed by atoms with Gasteiger partial charge in [0.2, 0.25) is 5.91 Å². The highest BCUT2D eigenvalue weighted by Gasteiger charge is 2.17. The Kier molecular flexibility index (Phi) is 7.10. The van der Waals surface area contributed by atoms with Gasteiger partial charge in [0.15, 0.2) is 29.7 Å². The lowest BCUT2D eigenvalue weighted by molar-refractivity contribution is -0.126. The molecular weight excluding hydrogens is 366 g/mol. The lowest BCUT2D eigenvalue weighted by Crippen LogP contribution is -2.28. The molecule has 1 amide bonds. The zero-order valence-corrected chi connectivity index (χ0v) is 15.8. The van der Waals surface area contributed by atoms with E-state index in [1.165, 1.54) is 24.2 Å². The van der Waals surface area contributed by atoms with Crippen molar-refractivity contribution in [2.24, 2.45) is 0 Å². The summed E-state index contributed by atoms with van der Waals surface area (Å²) in [4.78, 5) is 13.8. The number of nitrogens with zero attached hydrogens (tertiary/aromatic N) is 2. The van der Waals surface area contributed by atoms with E-state index in [9.17, 15) is 13.6 Å². The van der Waals surface area contributed by atoms with E-state index in [4.69, 9.17) is 14.7 Å². The summed E-state index contributed by atoms with van der Waals surface area (Å²) < 4.78 is 37.0. The summed E-state index contributed by atoms with van der Waals surface area (Å²) in [5.41, 5.74) is 1.19. The number of hydrogen-bond acceptors (Lipinski definition) is 4. The minimum absolute atomic E-state index is 0.101. The number of carbonyl (C=O) groups is 1. The maximum Gasteiger partial charge on any atom is 0.246 e. The maximum atomic E-state index is 13.4. The molecule has 0 N–H and O–H groups in total. The summed E-state index contributed by atoms with van der Waals surface area (Å²) in [7, 11) is 3.06. The Morgan fingerprint density at radius 3 is 2.61 bits per heavy atom. The largest absolute Gasteiger partial charge is 0.493 e. The molecule has 7 heteroatoms. The lowest BCUT2D eigenvalue weighted by atomic mass is 10.1. The van der Waals surface area contributed by atoms with Crippen molar-refractivity contribution in [3.8, 4) is 17.6 Å². The SMILES string of the molecule is COc1cc(/C=C/C(=O)N(C)C(C)c2ccc(F)c(F)c2)ccc1OCC#N. The summed E-state index contributed by atoms with van der Waals surface area (Å²) in [5.74, 6) is -1.32. The summed E-state index contributed by atoms with van der Waals surface area (Å²) in [6, 6.07) is 10.0. The van der Waals surface area contributed by atoms with Crippen molar-refractivity contribution in [1.29, 1.82) is 5.26 Å². The van der Waals surface area contributed by atoms with Crippen LogP contribution in [-0.4, -0.2) is 31.6 Å². The van der Waals surface area contributed by atoms with E-state index in [-0.39, 0.29) is 12.5 Å². The molecule has 0 aliphatic carbocycles. The zero-order valence-electron chi connectivity index (χ0n) is 15.8. The number of hydrogen-bond donors (Lipinski definition) is 0. The van der Waals surface area contributed by atoms with E-state index in [2.05, 4.69) is 0 Å². The topological polar surface area (TPSA) is 62.6 Å². The highest BCUT2D eigenvalue weighted by molar-refractivity contribution is 5.92. The maximum absolute atomic E-state index is 13.4. The molecule has 0 bridgehead atoms. The third-order valence-electron chi connectivity index (χ3n) is 4.25. The average Bonchev–Trinajstić information content (AvgIpc) is 2.71. The van der Waals surface area contributed by atoms with Gasteiger partial charge < -0.3 is 14.4 Å². The van der Waals surface area contributed by atoms with Gasteiger partial charge in [-0.25, -0.2) is 8.78 Å². The quantitative estimate of drug-likeness (QED) is 0.672. The summed E-state index contributed by atoms with van der Waals surface area (Å²) in [6.07, 6.45) is 2.98. The fourth-order valence-electron chi connectivity index (χ4n) is 2.49. The zero-order chi connectivity index (χ0) is 20.7. The smallest absolute Gasteiger partial charge is 0.246 e. The number of ether oxygens (including phenoxy) is 2. The van der Waals surface area contributed by atoms with Crippen LogP contribution in [0.2, 0.25) is 0 Å². The number of rotatable bonds is 7. The van der Waals surface area contributed by atoms with Crippen LogP contribution in [0, 0.1) is 23.0 Å². The van der Waals surface area contributed by atoms with Crippen molar-refractivity contribution in [3.05, 3.63) is 65.2 Å². The van der Waals surface area contributed by atoms with Gasteiger partial charge in [-0.1, -0.05) is 12.1 Å². The Morgan fingerprint density at radius 2 is 1.96 bits per heavy atom. The van der Waals surface area contributed by atoms with Crippen LogP contribution in [-0.2, 0) is 4.79 Å². The van der Waals surface area contributed by atoms with Crippen LogP contribution in [0.3, 0.4) is 0 Å². The molecule has 146 valence electrons. The normalized spacial score (nSPS) is 11.7. The van der Waals surface area contributed by atoms with Crippen LogP contribution in [0.25, 0.3) is 6.08 Å². The van der Waals surface area contributed by atoms with Gasteiger partial charge in [0.1, 0.15) is 6.07 Å². The number of benzene rings is 2. The van der Waals surface area contributed by atoms with E-state index >= 15 is 0 Å². The molecule has 0 radical (unpaired) electrons. The van der Waals surface area contributed by atoms with Crippen molar-refractivity contribution in [3.63, 3.8) is 0 Å². The Bertz CT molecular complexity index is 922. The number of nitriles is 1. The van der Waals surface area contributed by atoms with Crippen LogP contribution < -0.4 is 9.47 Å². The third kappa shape index (κ3) is 5.07. The second kappa shape index (κ2) is 9.51. The molecule has 1 unspecified atom stereocenters. The van der Waals surface area contributed by atoms with E-state index in [0.717, 1.165) is 12.1 Å². The number of methoxy groups -OCH3 is 1. The van der Waals surface area contributed by atoms with E-state index in [1.807, 2.05) is 6.07 Å². The Balaban J connectivity index is 2.11. The first-order valence-electron chi connectivity index (χ1n) is 8.45. The molecule has 0 spiro atoms. The summed E-state index contributed by atoms with van der Waals surface area (Å²) in [5, 5.41) is 8.59. The van der Waals surface area contributed by atoms with Crippen LogP contribution in [0.15, 0.2) is 42.5 Å². The van der Waals surface area contributed by atoms with Crippen molar-refractivity contribution in [2.75, 3.05) is 20.8 Å². The fourth-order valence-corrected chi connectivity index (χ4v) is 2.49. The van der Waals surface area contributed by atoms with Gasteiger partial charge in [0, 0.05) is 13.1 Å². The molecular formula is C21H20F2N2O3. The molecule has 0 fully saturated rings. The minimum Gasteiger partial charge on any atom is -0.493 e. The standard InChI is InChI=1S/C21H20F2N2O3/c1-14(16-6-7-17(22)18(23)13-16)25(2)21(26)9-5-15-4-8-19(28-11-10-24)20(12-15)27-3/h4-9,12-14H,11H2,1-3H3/b9-5+. The highest BCUT2D eigenvalue weighted by atomic mass is 19.2. The molecule has 2 aromatic rings. The molecule has 1 atom stereocenters. The minimum atomic E-state index is -0.952. The van der Waals surface area contributed by atoms with Crippen LogP contribution >= 0.6 is 0 Å². The van der Waals surface area contributed by atoms with E-state index in [0.29, 0.717) is 22.6 Å². The predicted molar refractivity (Wildman–Crippen MR) is 101 cm³/mol. The first-order chi connectivity index (χ1) is 13.4. The molecule has 0 aromatic heterocycles. The van der Waals surface area contributed by atoms with Crippen molar-refractivity contribution >= 4 is 12.0 Å². The number of likely N-dealkylation sites (N-methyl/N-ethyl adjacent to an activating group) is 1. The van der Waals surface area contributed by atoms with E-state index in [1.54, 1.807) is 38.2 Å². The average molecular weight is 386 g/mol. The van der Waals surface area contributed by atoms with Gasteiger partial charge in [0.05, 0.1) is 13.2 Å². The van der Waals surface area contributed by atoms with Gasteiger partial charge in [-0.3, -0.25) is 4.79 Å². The van der Waals surface area contributed by atoms with Crippen molar-refractivity contribution < 1.29 is 23.0 Å². The van der Waals surface area contributed by atoms with Crippen LogP contribution in [0.1, 0.15) is 24.1 Å². The fraction of sp³-hybridized carbons (Fsp3) is 0.238. The number of amides is 1. The van der Waals surface area contributed by atoms with Gasteiger partial charge in [-0.05, 0) is 48.4 Å². The first kappa shape index (κ1) is 20.9. The van der Waals surface area contributed by atoms with Crippen LogP contribution in [0.5, 0.6) is 11.5 Å². The van der Waals surface area contributed by atoms with Gasteiger partial charge >= 0.3 is 0 Å². The molecule has 28 heavy (non-hydrogen) atoms. The van der Waals surface area contributed by atoms with Crippen molar-refractivity contribution in [1.82, 2.24) is 4.90 Å². The Labute approximate surface area is 162 Å². The second-order valence-electron chi connectivity index (χ2n) is 5.99. The third-order valence-corrected chi connectivity index (χ3v) is 4.25. The predicted octanol–water partition coefficient (Wildman–Crippen LogP) is 4.11. The Morgan fingerprint density at radius 1 is 1.21 bits per heavy atom. The highest BCUT2D eigenvalue weighted by Crippen LogP contribution is 2.28.